The maximum Gasteiger partial charge on any atom is 0.264 e. The molecule has 2 aromatic rings. The van der Waals surface area contributed by atoms with Gasteiger partial charge in [0.15, 0.2) is 0 Å². The minimum absolute atomic E-state index is 0.1000. The van der Waals surface area contributed by atoms with Crippen molar-refractivity contribution in [3.63, 3.8) is 0 Å². The maximum atomic E-state index is 12.6. The van der Waals surface area contributed by atoms with Gasteiger partial charge in [-0.3, -0.25) is 14.4 Å². The number of nitrogens with one attached hydrogen (secondary N) is 2. The molecular weight excluding hydrogens is 338 g/mol. The highest BCUT2D eigenvalue weighted by Crippen LogP contribution is 2.22. The molecule has 1 unspecified atom stereocenters. The second-order valence-electron chi connectivity index (χ2n) is 6.29. The molecule has 1 fully saturated rings. The number of carbonyl (C=O) groups is 2. The van der Waals surface area contributed by atoms with Gasteiger partial charge in [0.05, 0.1) is 4.88 Å². The lowest BCUT2D eigenvalue weighted by Gasteiger charge is -2.23. The van der Waals surface area contributed by atoms with Gasteiger partial charge < -0.3 is 15.2 Å². The summed E-state index contributed by atoms with van der Waals surface area (Å²) in [5.41, 5.74) is 2.00. The minimum Gasteiger partial charge on any atom is -0.350 e. The standard InChI is InChI=1S/C18H21N3O3S/c1-11-9-12(2)20-16(22)13(11)10-19-17(23)14-5-3-7-21(14)18(24)15-6-4-8-25-15/h4,6,8-9,14H,3,5,7,10H2,1-2H3,(H,19,23)(H,20,22). The molecule has 1 aliphatic heterocycles. The molecule has 0 aromatic carbocycles. The summed E-state index contributed by atoms with van der Waals surface area (Å²) in [5, 5.41) is 4.67. The maximum absolute atomic E-state index is 12.6. The zero-order chi connectivity index (χ0) is 18.0. The molecule has 25 heavy (non-hydrogen) atoms. The van der Waals surface area contributed by atoms with E-state index in [1.807, 2.05) is 31.4 Å². The van der Waals surface area contributed by atoms with Crippen LogP contribution in [0.3, 0.4) is 0 Å². The second-order valence-corrected chi connectivity index (χ2v) is 7.24. The Bertz CT molecular complexity index is 842. The number of hydrogen-bond donors (Lipinski definition) is 2. The summed E-state index contributed by atoms with van der Waals surface area (Å²) in [6.45, 7) is 4.42. The molecule has 7 heteroatoms. The van der Waals surface area contributed by atoms with E-state index in [1.165, 1.54) is 11.3 Å². The highest BCUT2D eigenvalue weighted by Gasteiger charge is 2.34. The Labute approximate surface area is 149 Å². The van der Waals surface area contributed by atoms with Gasteiger partial charge in [-0.1, -0.05) is 6.07 Å². The van der Waals surface area contributed by atoms with Gasteiger partial charge in [-0.15, -0.1) is 11.3 Å². The van der Waals surface area contributed by atoms with Crippen molar-refractivity contribution in [2.45, 2.75) is 39.3 Å². The smallest absolute Gasteiger partial charge is 0.264 e. The molecular formula is C18H21N3O3S. The molecule has 0 spiro atoms. The quantitative estimate of drug-likeness (QED) is 0.876. The van der Waals surface area contributed by atoms with Gasteiger partial charge in [-0.05, 0) is 49.8 Å². The van der Waals surface area contributed by atoms with Crippen LogP contribution in [0.1, 0.15) is 39.3 Å². The predicted octanol–water partition coefficient (Wildman–Crippen LogP) is 1.97. The average Bonchev–Trinajstić information content (AvgIpc) is 3.24. The molecule has 0 aliphatic carbocycles. The molecule has 6 nitrogen and oxygen atoms in total. The van der Waals surface area contributed by atoms with Crippen LogP contribution < -0.4 is 10.9 Å². The first-order valence-electron chi connectivity index (χ1n) is 8.29. The van der Waals surface area contributed by atoms with E-state index >= 15 is 0 Å². The predicted molar refractivity (Wildman–Crippen MR) is 96.8 cm³/mol. The summed E-state index contributed by atoms with van der Waals surface area (Å²) in [7, 11) is 0. The van der Waals surface area contributed by atoms with E-state index in [2.05, 4.69) is 10.3 Å². The number of likely N-dealkylation sites (tertiary alicyclic amines) is 1. The van der Waals surface area contributed by atoms with Crippen molar-refractivity contribution >= 4 is 23.2 Å². The van der Waals surface area contributed by atoms with Crippen LogP contribution in [0.4, 0.5) is 0 Å². The lowest BCUT2D eigenvalue weighted by Crippen LogP contribution is -2.46. The number of thiophene rings is 1. The Morgan fingerprint density at radius 1 is 1.40 bits per heavy atom. The first-order chi connectivity index (χ1) is 12.0. The SMILES string of the molecule is Cc1cc(C)c(CNC(=O)C2CCCN2C(=O)c2cccs2)c(=O)[nH]1. The van der Waals surface area contributed by atoms with Crippen molar-refractivity contribution in [2.75, 3.05) is 6.54 Å². The highest BCUT2D eigenvalue weighted by atomic mass is 32.1. The van der Waals surface area contributed by atoms with Crippen LogP contribution in [-0.4, -0.2) is 34.3 Å². The largest absolute Gasteiger partial charge is 0.350 e. The first-order valence-corrected chi connectivity index (χ1v) is 9.17. The van der Waals surface area contributed by atoms with Crippen LogP contribution >= 0.6 is 11.3 Å². The van der Waals surface area contributed by atoms with Crippen molar-refractivity contribution < 1.29 is 9.59 Å². The van der Waals surface area contributed by atoms with Gasteiger partial charge in [0.1, 0.15) is 6.04 Å². The summed E-state index contributed by atoms with van der Waals surface area (Å²) in [4.78, 5) is 42.2. The third-order valence-electron chi connectivity index (χ3n) is 4.48. The van der Waals surface area contributed by atoms with Crippen LogP contribution in [0.2, 0.25) is 0 Å². The zero-order valence-corrected chi connectivity index (χ0v) is 15.1. The number of carbonyl (C=O) groups excluding carboxylic acids is 2. The fourth-order valence-corrected chi connectivity index (χ4v) is 3.90. The van der Waals surface area contributed by atoms with Crippen molar-refractivity contribution in [3.05, 3.63) is 55.6 Å². The third kappa shape index (κ3) is 3.66. The van der Waals surface area contributed by atoms with E-state index in [0.717, 1.165) is 17.7 Å². The van der Waals surface area contributed by atoms with Crippen molar-refractivity contribution in [2.24, 2.45) is 0 Å². The highest BCUT2D eigenvalue weighted by molar-refractivity contribution is 7.12. The van der Waals surface area contributed by atoms with Crippen LogP contribution in [0.25, 0.3) is 0 Å². The van der Waals surface area contributed by atoms with E-state index in [9.17, 15) is 14.4 Å². The van der Waals surface area contributed by atoms with E-state index in [-0.39, 0.29) is 23.9 Å². The Morgan fingerprint density at radius 3 is 2.88 bits per heavy atom. The Kier molecular flexibility index (Phi) is 5.03. The number of nitrogens with zero attached hydrogens (tertiary/aromatic N) is 1. The molecule has 3 heterocycles. The number of rotatable bonds is 4. The summed E-state index contributed by atoms with van der Waals surface area (Å²) < 4.78 is 0. The number of amides is 2. The molecule has 2 amide bonds. The molecule has 2 N–H and O–H groups in total. The number of aromatic amines is 1. The lowest BCUT2D eigenvalue weighted by molar-refractivity contribution is -0.125. The fraction of sp³-hybridized carbons (Fsp3) is 0.389. The number of pyridine rings is 1. The van der Waals surface area contributed by atoms with Gasteiger partial charge >= 0.3 is 0 Å². The summed E-state index contributed by atoms with van der Waals surface area (Å²) in [5.74, 6) is -0.307. The van der Waals surface area contributed by atoms with Crippen LogP contribution in [0, 0.1) is 13.8 Å². The normalized spacial score (nSPS) is 16.9. The van der Waals surface area contributed by atoms with E-state index in [0.29, 0.717) is 23.4 Å². The molecule has 0 radical (unpaired) electrons. The average molecular weight is 359 g/mol. The lowest BCUT2D eigenvalue weighted by atomic mass is 10.1. The minimum atomic E-state index is -0.473. The molecule has 0 bridgehead atoms. The molecule has 3 rings (SSSR count). The Morgan fingerprint density at radius 2 is 2.20 bits per heavy atom. The van der Waals surface area contributed by atoms with Gasteiger partial charge in [0.25, 0.3) is 11.5 Å². The number of hydrogen-bond acceptors (Lipinski definition) is 4. The van der Waals surface area contributed by atoms with E-state index in [4.69, 9.17) is 0 Å². The molecule has 132 valence electrons. The van der Waals surface area contributed by atoms with Crippen LogP contribution in [0.15, 0.2) is 28.4 Å². The van der Waals surface area contributed by atoms with Crippen molar-refractivity contribution in [1.29, 1.82) is 0 Å². The van der Waals surface area contributed by atoms with Gasteiger partial charge in [0.2, 0.25) is 5.91 Å². The van der Waals surface area contributed by atoms with Gasteiger partial charge in [-0.2, -0.15) is 0 Å². The third-order valence-corrected chi connectivity index (χ3v) is 5.34. The monoisotopic (exact) mass is 359 g/mol. The number of aromatic nitrogens is 1. The second kappa shape index (κ2) is 7.23. The zero-order valence-electron chi connectivity index (χ0n) is 14.3. The molecule has 2 aromatic heterocycles. The van der Waals surface area contributed by atoms with E-state index in [1.54, 1.807) is 11.0 Å². The number of H-pyrrole nitrogens is 1. The first kappa shape index (κ1) is 17.4. The van der Waals surface area contributed by atoms with Gasteiger partial charge in [0, 0.05) is 24.3 Å². The molecule has 1 aliphatic rings. The molecule has 1 saturated heterocycles. The van der Waals surface area contributed by atoms with Gasteiger partial charge in [-0.25, -0.2) is 0 Å². The molecule has 0 saturated carbocycles. The Hall–Kier alpha value is -2.41. The molecule has 1 atom stereocenters. The van der Waals surface area contributed by atoms with E-state index < -0.39 is 6.04 Å². The number of aryl methyl sites for hydroxylation is 2. The van der Waals surface area contributed by atoms with Crippen molar-refractivity contribution in [1.82, 2.24) is 15.2 Å². The Balaban J connectivity index is 1.69. The van der Waals surface area contributed by atoms with Crippen molar-refractivity contribution in [3.8, 4) is 0 Å². The van der Waals surface area contributed by atoms with Crippen LogP contribution in [0.5, 0.6) is 0 Å². The summed E-state index contributed by atoms with van der Waals surface area (Å²) in [6, 6.07) is 5.01. The topological polar surface area (TPSA) is 82.3 Å². The summed E-state index contributed by atoms with van der Waals surface area (Å²) >= 11 is 1.38. The fourth-order valence-electron chi connectivity index (χ4n) is 3.22. The summed E-state index contributed by atoms with van der Waals surface area (Å²) in [6.07, 6.45) is 1.45. The van der Waals surface area contributed by atoms with Crippen LogP contribution in [-0.2, 0) is 11.3 Å².